The van der Waals surface area contributed by atoms with E-state index in [0.717, 1.165) is 21.8 Å². The van der Waals surface area contributed by atoms with Crippen molar-refractivity contribution in [2.45, 2.75) is 18.7 Å². The Hall–Kier alpha value is -1.68. The van der Waals surface area contributed by atoms with E-state index in [1.165, 1.54) is 5.56 Å². The number of nitrogens with one attached hydrogen (secondary N) is 2. The minimum atomic E-state index is 0.869. The Bertz CT molecular complexity index is 550. The maximum atomic E-state index is 4.39. The molecule has 0 saturated heterocycles. The van der Waals surface area contributed by atoms with Gasteiger partial charge >= 0.3 is 0 Å². The maximum absolute atomic E-state index is 4.39. The average molecular weight is 245 g/mol. The normalized spacial score (nSPS) is 10.1. The molecule has 2 N–H and O–H groups in total. The summed E-state index contributed by atoms with van der Waals surface area (Å²) >= 11 is 4.24. The van der Waals surface area contributed by atoms with Gasteiger partial charge in [-0.15, -0.1) is 12.6 Å². The van der Waals surface area contributed by atoms with E-state index in [1.807, 2.05) is 31.3 Å². The first-order valence-electron chi connectivity index (χ1n) is 5.39. The van der Waals surface area contributed by atoms with Gasteiger partial charge in [-0.25, -0.2) is 0 Å². The fraction of sp³-hybridized carbons (Fsp3) is 0.154. The lowest BCUT2D eigenvalue weighted by Gasteiger charge is -2.04. The number of hydrogen-bond acceptors (Lipinski definition) is 2. The molecule has 0 bridgehead atoms. The van der Waals surface area contributed by atoms with E-state index in [2.05, 4.69) is 40.8 Å². The van der Waals surface area contributed by atoms with Crippen molar-refractivity contribution in [1.29, 1.82) is 0 Å². The molecule has 0 atom stereocenters. The van der Waals surface area contributed by atoms with Crippen LogP contribution >= 0.6 is 12.6 Å². The van der Waals surface area contributed by atoms with E-state index < -0.39 is 0 Å². The molecule has 0 aromatic carbocycles. The van der Waals surface area contributed by atoms with Gasteiger partial charge in [-0.3, -0.25) is 4.98 Å². The molecule has 0 radical (unpaired) electrons. The number of aromatic nitrogens is 3. The van der Waals surface area contributed by atoms with Gasteiger partial charge in [0.1, 0.15) is 0 Å². The van der Waals surface area contributed by atoms with Gasteiger partial charge in [-0.1, -0.05) is 0 Å². The first-order chi connectivity index (χ1) is 8.16. The van der Waals surface area contributed by atoms with E-state index in [-0.39, 0.29) is 0 Å². The molecule has 0 aliphatic carbocycles. The molecule has 0 unspecified atom stereocenters. The summed E-state index contributed by atoms with van der Waals surface area (Å²) in [7, 11) is 0. The number of rotatable bonds is 1. The Morgan fingerprint density at radius 1 is 1.18 bits per heavy atom. The predicted octanol–water partition coefficient (Wildman–Crippen LogP) is 3.43. The van der Waals surface area contributed by atoms with Crippen LogP contribution in [-0.2, 0) is 0 Å². The first-order valence-corrected chi connectivity index (χ1v) is 5.84. The van der Waals surface area contributed by atoms with Crippen molar-refractivity contribution >= 4 is 12.6 Å². The molecule has 0 aliphatic rings. The van der Waals surface area contributed by atoms with Gasteiger partial charge in [0, 0.05) is 28.5 Å². The summed E-state index contributed by atoms with van der Waals surface area (Å²) in [4.78, 5) is 5.26. The fourth-order valence-corrected chi connectivity index (χ4v) is 1.82. The van der Waals surface area contributed by atoms with Crippen LogP contribution in [0.25, 0.3) is 11.3 Å². The van der Waals surface area contributed by atoms with E-state index in [1.54, 1.807) is 6.20 Å². The Balaban J connectivity index is 2.59. The molecule has 0 aliphatic heterocycles. The summed E-state index contributed by atoms with van der Waals surface area (Å²) in [5, 5.41) is 6.05. The van der Waals surface area contributed by atoms with Crippen molar-refractivity contribution in [1.82, 2.24) is 15.2 Å². The van der Waals surface area contributed by atoms with Crippen molar-refractivity contribution in [3.8, 4) is 11.3 Å². The largest absolute Gasteiger partial charge is 0.308 e. The molecule has 3 nitrogen and oxygen atoms in total. The zero-order valence-corrected chi connectivity index (χ0v) is 10.8. The van der Waals surface area contributed by atoms with Gasteiger partial charge < -0.3 is 10.2 Å². The maximum Gasteiger partial charge on any atom is 0.0706 e. The van der Waals surface area contributed by atoms with Gasteiger partial charge in [0.05, 0.1) is 5.69 Å². The van der Waals surface area contributed by atoms with Gasteiger partial charge in [0.15, 0.2) is 0 Å². The number of aryl methyl sites for hydroxylation is 2. The van der Waals surface area contributed by atoms with Crippen LogP contribution in [0.2, 0.25) is 0 Å². The van der Waals surface area contributed by atoms with Crippen molar-refractivity contribution in [3.63, 3.8) is 0 Å². The summed E-state index contributed by atoms with van der Waals surface area (Å²) in [6, 6.07) is 8.01. The third-order valence-electron chi connectivity index (χ3n) is 2.48. The average Bonchev–Trinajstić information content (AvgIpc) is 2.28. The summed E-state index contributed by atoms with van der Waals surface area (Å²) in [6.45, 7) is 4.09. The minimum absolute atomic E-state index is 0.869. The van der Waals surface area contributed by atoms with Gasteiger partial charge in [0.25, 0.3) is 0 Å². The van der Waals surface area contributed by atoms with Crippen molar-refractivity contribution in [3.05, 3.63) is 47.9 Å². The predicted molar refractivity (Wildman–Crippen MR) is 72.7 cm³/mol. The van der Waals surface area contributed by atoms with E-state index in [0.29, 0.717) is 0 Å². The molecular weight excluding hydrogens is 230 g/mol. The highest BCUT2D eigenvalue weighted by Crippen LogP contribution is 2.20. The second-order valence-electron chi connectivity index (χ2n) is 3.93. The van der Waals surface area contributed by atoms with Crippen LogP contribution in [-0.4, -0.2) is 15.2 Å². The van der Waals surface area contributed by atoms with E-state index in [4.69, 9.17) is 0 Å². The number of thiol groups is 1. The zero-order valence-electron chi connectivity index (χ0n) is 9.86. The molecule has 0 fully saturated rings. The van der Waals surface area contributed by atoms with Gasteiger partial charge in [-0.2, -0.15) is 0 Å². The molecule has 17 heavy (non-hydrogen) atoms. The number of hydrogen-bond donors (Lipinski definition) is 3. The molecule has 0 saturated carbocycles. The van der Waals surface area contributed by atoms with Crippen molar-refractivity contribution < 1.29 is 0 Å². The SMILES string of the molecule is Cc1cc(C)c(-c2ccc(S)cn2)cc[nH][nH]1. The second-order valence-corrected chi connectivity index (χ2v) is 4.44. The number of pyridine rings is 1. The Morgan fingerprint density at radius 2 is 2.00 bits per heavy atom. The van der Waals surface area contributed by atoms with Crippen LogP contribution in [0, 0.1) is 13.8 Å². The highest BCUT2D eigenvalue weighted by atomic mass is 32.1. The summed E-state index contributed by atoms with van der Waals surface area (Å²) in [5.41, 5.74) is 4.29. The van der Waals surface area contributed by atoms with Crippen LogP contribution in [0.15, 0.2) is 41.6 Å². The lowest BCUT2D eigenvalue weighted by Crippen LogP contribution is -1.88. The Morgan fingerprint density at radius 3 is 2.71 bits per heavy atom. The summed E-state index contributed by atoms with van der Waals surface area (Å²) in [5.74, 6) is 0. The van der Waals surface area contributed by atoms with E-state index >= 15 is 0 Å². The third-order valence-corrected chi connectivity index (χ3v) is 2.75. The Labute approximate surface area is 106 Å². The van der Waals surface area contributed by atoms with Gasteiger partial charge in [0.2, 0.25) is 0 Å². The zero-order chi connectivity index (χ0) is 12.3. The highest BCUT2D eigenvalue weighted by Gasteiger charge is 2.01. The standard InChI is InChI=1S/C13H15N3S/c1-9-7-10(2)16-15-6-5-12(9)13-4-3-11(17)8-14-13/h3-8,15-17H,1-2H3. The molecule has 0 spiro atoms. The smallest absolute Gasteiger partial charge is 0.0706 e. The van der Waals surface area contributed by atoms with Crippen LogP contribution in [0.1, 0.15) is 11.3 Å². The molecule has 88 valence electrons. The van der Waals surface area contributed by atoms with E-state index in [9.17, 15) is 0 Å². The van der Waals surface area contributed by atoms with Crippen LogP contribution in [0.4, 0.5) is 0 Å². The van der Waals surface area contributed by atoms with Gasteiger partial charge in [-0.05, 0) is 43.7 Å². The second kappa shape index (κ2) is 5.10. The lowest BCUT2D eigenvalue weighted by atomic mass is 10.1. The topological polar surface area (TPSA) is 44.5 Å². The third kappa shape index (κ3) is 2.91. The van der Waals surface area contributed by atoms with Crippen LogP contribution < -0.4 is 0 Å². The molecule has 2 heterocycles. The van der Waals surface area contributed by atoms with Crippen LogP contribution in [0.5, 0.6) is 0 Å². The Kier molecular flexibility index (Phi) is 3.54. The van der Waals surface area contributed by atoms with Crippen molar-refractivity contribution in [2.24, 2.45) is 0 Å². The van der Waals surface area contributed by atoms with Crippen LogP contribution in [0.3, 0.4) is 0 Å². The van der Waals surface area contributed by atoms with Crippen molar-refractivity contribution in [2.75, 3.05) is 0 Å². The monoisotopic (exact) mass is 245 g/mol. The minimum Gasteiger partial charge on any atom is -0.308 e. The molecule has 2 aromatic heterocycles. The fourth-order valence-electron chi connectivity index (χ4n) is 1.68. The molecular formula is C13H15N3S. The highest BCUT2D eigenvalue weighted by molar-refractivity contribution is 7.80. The molecule has 2 rings (SSSR count). The number of aromatic amines is 2. The molecule has 2 aromatic rings. The molecule has 0 amide bonds. The number of H-pyrrole nitrogens is 2. The number of nitrogens with zero attached hydrogens (tertiary/aromatic N) is 1. The first kappa shape index (κ1) is 11.8. The summed E-state index contributed by atoms with van der Waals surface area (Å²) in [6.07, 6.45) is 3.62. The lowest BCUT2D eigenvalue weighted by molar-refractivity contribution is 0.991. The molecule has 4 heteroatoms. The quantitative estimate of drug-likeness (QED) is 0.662. The summed E-state index contributed by atoms with van der Waals surface area (Å²) < 4.78 is 0.